The van der Waals surface area contributed by atoms with Crippen molar-refractivity contribution in [2.24, 2.45) is 5.92 Å². The fourth-order valence-electron chi connectivity index (χ4n) is 2.38. The Labute approximate surface area is 124 Å². The molecule has 0 aliphatic heterocycles. The van der Waals surface area contributed by atoms with E-state index in [1.54, 1.807) is 0 Å². The molecule has 1 aromatic carbocycles. The first-order valence-corrected chi connectivity index (χ1v) is 8.55. The first-order chi connectivity index (χ1) is 9.95. The monoisotopic (exact) mass is 318 g/mol. The van der Waals surface area contributed by atoms with Gasteiger partial charge in [-0.05, 0) is 31.5 Å². The molecule has 1 aliphatic rings. The van der Waals surface area contributed by atoms with Crippen molar-refractivity contribution >= 4 is 10.0 Å². The van der Waals surface area contributed by atoms with Gasteiger partial charge >= 0.3 is 0 Å². The molecule has 0 radical (unpaired) electrons. The Bertz CT molecular complexity index is 601. The average Bonchev–Trinajstić information content (AvgIpc) is 2.37. The third-order valence-electron chi connectivity index (χ3n) is 3.86. The molecule has 0 spiro atoms. The second kappa shape index (κ2) is 6.81. The largest absolute Gasteiger partial charge is 0.315 e. The lowest BCUT2D eigenvalue weighted by atomic mass is 9.83. The van der Waals surface area contributed by atoms with Crippen molar-refractivity contribution in [1.82, 2.24) is 10.0 Å². The molecule has 1 saturated carbocycles. The molecule has 0 unspecified atom stereocenters. The van der Waals surface area contributed by atoms with E-state index < -0.39 is 26.6 Å². The Morgan fingerprint density at radius 2 is 2.00 bits per heavy atom. The Kier molecular flexibility index (Phi) is 5.29. The van der Waals surface area contributed by atoms with Crippen molar-refractivity contribution in [2.75, 3.05) is 13.6 Å². The minimum absolute atomic E-state index is 0.0664. The highest BCUT2D eigenvalue weighted by Gasteiger charge is 2.24. The highest BCUT2D eigenvalue weighted by Crippen LogP contribution is 2.29. The third-order valence-corrected chi connectivity index (χ3v) is 5.34. The maximum absolute atomic E-state index is 14.2. The second-order valence-corrected chi connectivity index (χ2v) is 7.09. The van der Waals surface area contributed by atoms with E-state index in [4.69, 9.17) is 0 Å². The van der Waals surface area contributed by atoms with E-state index in [-0.39, 0.29) is 18.7 Å². The summed E-state index contributed by atoms with van der Waals surface area (Å²) in [7, 11) is -2.41. The van der Waals surface area contributed by atoms with Gasteiger partial charge in [0.05, 0.1) is 0 Å². The molecule has 1 fully saturated rings. The van der Waals surface area contributed by atoms with Gasteiger partial charge < -0.3 is 5.32 Å². The molecule has 2 rings (SSSR count). The summed E-state index contributed by atoms with van der Waals surface area (Å²) in [4.78, 5) is -0.497. The summed E-state index contributed by atoms with van der Waals surface area (Å²) in [5, 5.41) is 2.62. The molecule has 21 heavy (non-hydrogen) atoms. The highest BCUT2D eigenvalue weighted by atomic mass is 32.2. The minimum Gasteiger partial charge on any atom is -0.315 e. The van der Waals surface area contributed by atoms with E-state index in [0.29, 0.717) is 5.92 Å². The summed E-state index contributed by atoms with van der Waals surface area (Å²) < 4.78 is 54.3. The lowest BCUT2D eigenvalue weighted by Gasteiger charge is -2.25. The lowest BCUT2D eigenvalue weighted by molar-refractivity contribution is 0.297. The van der Waals surface area contributed by atoms with Gasteiger partial charge in [0.25, 0.3) is 0 Å². The van der Waals surface area contributed by atoms with Crippen LogP contribution in [0.5, 0.6) is 0 Å². The van der Waals surface area contributed by atoms with Crippen molar-refractivity contribution in [3.05, 3.63) is 29.3 Å². The molecule has 0 aromatic heterocycles. The molecule has 0 heterocycles. The number of rotatable bonds is 7. The third kappa shape index (κ3) is 3.78. The van der Waals surface area contributed by atoms with Gasteiger partial charge in [-0.1, -0.05) is 19.3 Å². The van der Waals surface area contributed by atoms with Crippen LogP contribution in [-0.4, -0.2) is 22.0 Å². The normalized spacial score (nSPS) is 16.0. The van der Waals surface area contributed by atoms with Gasteiger partial charge in [0, 0.05) is 18.7 Å². The molecule has 0 saturated heterocycles. The maximum atomic E-state index is 14.2. The highest BCUT2D eigenvalue weighted by molar-refractivity contribution is 7.89. The number of halogens is 2. The van der Waals surface area contributed by atoms with Gasteiger partial charge in [-0.3, -0.25) is 0 Å². The smallest absolute Gasteiger partial charge is 0.243 e. The quantitative estimate of drug-likeness (QED) is 0.810. The van der Waals surface area contributed by atoms with Gasteiger partial charge in [0.1, 0.15) is 10.7 Å². The van der Waals surface area contributed by atoms with Crippen LogP contribution in [-0.2, 0) is 16.6 Å². The van der Waals surface area contributed by atoms with Crippen LogP contribution in [0.2, 0.25) is 0 Å². The van der Waals surface area contributed by atoms with Crippen molar-refractivity contribution < 1.29 is 17.2 Å². The number of benzene rings is 1. The molecular weight excluding hydrogens is 298 g/mol. The molecule has 4 nitrogen and oxygen atoms in total. The summed E-state index contributed by atoms with van der Waals surface area (Å²) >= 11 is 0. The molecule has 7 heteroatoms. The van der Waals surface area contributed by atoms with E-state index in [1.165, 1.54) is 13.5 Å². The van der Waals surface area contributed by atoms with Crippen LogP contribution < -0.4 is 10.0 Å². The van der Waals surface area contributed by atoms with Gasteiger partial charge in [-0.2, -0.15) is 0 Å². The standard InChI is InChI=1S/C14H20F2N2O2S/c1-17-9-11-12(15)5-6-13(14(11)16)21(19,20)18-8-7-10-3-2-4-10/h5-6,10,17-18H,2-4,7-9H2,1H3. The average molecular weight is 318 g/mol. The minimum atomic E-state index is -3.95. The number of hydrogen-bond donors (Lipinski definition) is 2. The summed E-state index contributed by atoms with van der Waals surface area (Å²) in [5.74, 6) is -1.22. The van der Waals surface area contributed by atoms with E-state index in [0.717, 1.165) is 31.4 Å². The van der Waals surface area contributed by atoms with Crippen LogP contribution in [0.1, 0.15) is 31.2 Å². The van der Waals surface area contributed by atoms with Crippen LogP contribution in [0.3, 0.4) is 0 Å². The van der Waals surface area contributed by atoms with E-state index in [2.05, 4.69) is 10.0 Å². The van der Waals surface area contributed by atoms with Gasteiger partial charge in [0.2, 0.25) is 10.0 Å². The van der Waals surface area contributed by atoms with Crippen molar-refractivity contribution in [1.29, 1.82) is 0 Å². The van der Waals surface area contributed by atoms with Crippen LogP contribution in [0, 0.1) is 17.6 Å². The SMILES string of the molecule is CNCc1c(F)ccc(S(=O)(=O)NCCC2CCC2)c1F. The van der Waals surface area contributed by atoms with Crippen LogP contribution in [0.15, 0.2) is 17.0 Å². The van der Waals surface area contributed by atoms with Crippen LogP contribution >= 0.6 is 0 Å². The van der Waals surface area contributed by atoms with E-state index in [9.17, 15) is 17.2 Å². The molecular formula is C14H20F2N2O2S. The Hall–Kier alpha value is -1.05. The van der Waals surface area contributed by atoms with Crippen molar-refractivity contribution in [2.45, 2.75) is 37.1 Å². The zero-order valence-electron chi connectivity index (χ0n) is 12.0. The first-order valence-electron chi connectivity index (χ1n) is 7.07. The Balaban J connectivity index is 2.12. The number of sulfonamides is 1. The zero-order chi connectivity index (χ0) is 15.5. The molecule has 0 bridgehead atoms. The molecule has 0 atom stereocenters. The second-order valence-electron chi connectivity index (χ2n) is 5.35. The maximum Gasteiger partial charge on any atom is 0.243 e. The topological polar surface area (TPSA) is 58.2 Å². The van der Waals surface area contributed by atoms with Crippen molar-refractivity contribution in [3.8, 4) is 0 Å². The Morgan fingerprint density at radius 1 is 1.29 bits per heavy atom. The lowest BCUT2D eigenvalue weighted by Crippen LogP contribution is -2.28. The predicted molar refractivity (Wildman–Crippen MR) is 76.3 cm³/mol. The summed E-state index contributed by atoms with van der Waals surface area (Å²) in [6.07, 6.45) is 4.20. The fourth-order valence-corrected chi connectivity index (χ4v) is 3.53. The predicted octanol–water partition coefficient (Wildman–Crippen LogP) is 2.15. The summed E-state index contributed by atoms with van der Waals surface area (Å²) in [5.41, 5.74) is -0.264. The van der Waals surface area contributed by atoms with E-state index in [1.807, 2.05) is 0 Å². The van der Waals surface area contributed by atoms with Gasteiger partial charge in [-0.15, -0.1) is 0 Å². The fraction of sp³-hybridized carbons (Fsp3) is 0.571. The number of nitrogens with one attached hydrogen (secondary N) is 2. The molecule has 1 aromatic rings. The van der Waals surface area contributed by atoms with Crippen LogP contribution in [0.25, 0.3) is 0 Å². The summed E-state index contributed by atoms with van der Waals surface area (Å²) in [6, 6.07) is 1.95. The van der Waals surface area contributed by atoms with Crippen molar-refractivity contribution in [3.63, 3.8) is 0 Å². The first kappa shape index (κ1) is 16.3. The molecule has 118 valence electrons. The van der Waals surface area contributed by atoms with Gasteiger partial charge in [0.15, 0.2) is 5.82 Å². The molecule has 1 aliphatic carbocycles. The van der Waals surface area contributed by atoms with E-state index >= 15 is 0 Å². The summed E-state index contributed by atoms with van der Waals surface area (Å²) in [6.45, 7) is 0.217. The number of hydrogen-bond acceptors (Lipinski definition) is 3. The molecule has 2 N–H and O–H groups in total. The van der Waals surface area contributed by atoms with Gasteiger partial charge in [-0.25, -0.2) is 21.9 Å². The zero-order valence-corrected chi connectivity index (χ0v) is 12.8. The molecule has 0 amide bonds. The van der Waals surface area contributed by atoms with Crippen LogP contribution in [0.4, 0.5) is 8.78 Å². The Morgan fingerprint density at radius 3 is 2.57 bits per heavy atom.